The molecule has 10 nitrogen and oxygen atoms in total. The van der Waals surface area contributed by atoms with E-state index >= 15 is 0 Å². The largest absolute Gasteiger partial charge is 0.386 e. The molecule has 1 unspecified atom stereocenters. The summed E-state index contributed by atoms with van der Waals surface area (Å²) in [6.07, 6.45) is -4.23. The molecule has 0 bridgehead atoms. The molecule has 1 aromatic heterocycles. The van der Waals surface area contributed by atoms with Gasteiger partial charge in [0.1, 0.15) is 12.2 Å². The number of nitrogens with two attached hydrogens (primary N) is 1. The Hall–Kier alpha value is -1.62. The predicted octanol–water partition coefficient (Wildman–Crippen LogP) is -1.72. The molecule has 22 heavy (non-hydrogen) atoms. The van der Waals surface area contributed by atoms with Crippen LogP contribution in [0.4, 0.5) is 10.2 Å². The molecule has 0 amide bonds. The number of rotatable bonds is 3. The summed E-state index contributed by atoms with van der Waals surface area (Å²) in [5.41, 5.74) is 3.90. The van der Waals surface area contributed by atoms with E-state index in [1.165, 1.54) is 0 Å². The number of ether oxygens (including phenoxy) is 1. The maximum atomic E-state index is 13.4. The van der Waals surface area contributed by atoms with Crippen LogP contribution in [0.2, 0.25) is 0 Å². The van der Waals surface area contributed by atoms with E-state index in [0.717, 1.165) is 0 Å². The maximum absolute atomic E-state index is 13.4. The van der Waals surface area contributed by atoms with Gasteiger partial charge in [-0.15, -0.1) is 0 Å². The fourth-order valence-corrected chi connectivity index (χ4v) is 2.58. The second-order valence-electron chi connectivity index (χ2n) is 4.64. The molecule has 122 valence electrons. The van der Waals surface area contributed by atoms with E-state index in [2.05, 4.69) is 11.6 Å². The van der Waals surface area contributed by atoms with Crippen molar-refractivity contribution in [3.63, 3.8) is 0 Å². The molecule has 0 radical (unpaired) electrons. The molecule has 1 aromatic rings. The molecule has 4 atom stereocenters. The minimum atomic E-state index is -4.98. The van der Waals surface area contributed by atoms with Crippen LogP contribution >= 0.6 is 7.60 Å². The van der Waals surface area contributed by atoms with Gasteiger partial charge in [0.25, 0.3) is 0 Å². The van der Waals surface area contributed by atoms with Crippen molar-refractivity contribution >= 4 is 13.4 Å². The van der Waals surface area contributed by atoms with E-state index in [-0.39, 0.29) is 5.57 Å². The van der Waals surface area contributed by atoms with E-state index < -0.39 is 49.2 Å². The summed E-state index contributed by atoms with van der Waals surface area (Å²) < 4.78 is 30.1. The highest BCUT2D eigenvalue weighted by Gasteiger charge is 2.48. The molecule has 0 aliphatic carbocycles. The molecule has 1 fully saturated rings. The van der Waals surface area contributed by atoms with Crippen molar-refractivity contribution in [2.75, 3.05) is 5.73 Å². The van der Waals surface area contributed by atoms with Crippen LogP contribution in [0.1, 0.15) is 6.23 Å². The molecule has 0 aromatic carbocycles. The Morgan fingerprint density at radius 1 is 1.55 bits per heavy atom. The van der Waals surface area contributed by atoms with Crippen LogP contribution in [0.3, 0.4) is 0 Å². The zero-order valence-electron chi connectivity index (χ0n) is 10.9. The summed E-state index contributed by atoms with van der Waals surface area (Å²) in [7, 11) is -4.98. The summed E-state index contributed by atoms with van der Waals surface area (Å²) in [5.74, 6) is -4.02. The Morgan fingerprint density at radius 2 is 2.14 bits per heavy atom. The van der Waals surface area contributed by atoms with Crippen molar-refractivity contribution in [2.45, 2.75) is 24.3 Å². The van der Waals surface area contributed by atoms with Crippen LogP contribution in [0.25, 0.3) is 0 Å². The van der Waals surface area contributed by atoms with Crippen LogP contribution in [0, 0.1) is 5.82 Å². The third-order valence-electron chi connectivity index (χ3n) is 3.12. The molecule has 1 aliphatic heterocycles. The third kappa shape index (κ3) is 2.82. The summed E-state index contributed by atoms with van der Waals surface area (Å²) in [6.45, 7) is 3.42. The van der Waals surface area contributed by atoms with Crippen LogP contribution < -0.4 is 11.4 Å². The first kappa shape index (κ1) is 16.7. The average molecular weight is 337 g/mol. The van der Waals surface area contributed by atoms with Gasteiger partial charge in [-0.25, -0.2) is 9.18 Å². The number of aromatic nitrogens is 2. The van der Waals surface area contributed by atoms with Crippen molar-refractivity contribution in [2.24, 2.45) is 0 Å². The minimum Gasteiger partial charge on any atom is -0.386 e. The fraction of sp³-hybridized carbons (Fsp3) is 0.400. The second-order valence-corrected chi connectivity index (χ2v) is 6.35. The van der Waals surface area contributed by atoms with Crippen molar-refractivity contribution in [3.8, 4) is 0 Å². The Kier molecular flexibility index (Phi) is 4.22. The zero-order valence-corrected chi connectivity index (χ0v) is 11.8. The predicted molar refractivity (Wildman–Crippen MR) is 70.0 cm³/mol. The van der Waals surface area contributed by atoms with E-state index in [1.807, 2.05) is 0 Å². The summed E-state index contributed by atoms with van der Waals surface area (Å²) in [5, 5.41) is 19.4. The first-order valence-electron chi connectivity index (χ1n) is 5.83. The molecule has 2 heterocycles. The number of nitrogens with zero attached hydrogens (tertiary/aromatic N) is 2. The Morgan fingerprint density at radius 3 is 2.68 bits per heavy atom. The number of aliphatic hydroxyl groups excluding tert-OH is 2. The lowest BCUT2D eigenvalue weighted by Gasteiger charge is -2.21. The normalized spacial score (nSPS) is 27.1. The molecular formula is C10H13FN3O7P. The van der Waals surface area contributed by atoms with Crippen LogP contribution in [-0.2, 0) is 9.30 Å². The van der Waals surface area contributed by atoms with Gasteiger partial charge >= 0.3 is 13.3 Å². The molecule has 0 spiro atoms. The highest BCUT2D eigenvalue weighted by Crippen LogP contribution is 2.47. The number of hydrogen-bond donors (Lipinski definition) is 5. The van der Waals surface area contributed by atoms with E-state index in [9.17, 15) is 24.0 Å². The van der Waals surface area contributed by atoms with Crippen LogP contribution in [-0.4, -0.2) is 47.6 Å². The summed E-state index contributed by atoms with van der Waals surface area (Å²) in [4.78, 5) is 32.7. The lowest BCUT2D eigenvalue weighted by atomic mass is 10.1. The molecule has 0 saturated carbocycles. The third-order valence-corrected chi connectivity index (χ3v) is 4.10. The highest BCUT2D eigenvalue weighted by atomic mass is 31.2. The standard InChI is InChI=1S/C10H13FN3O7P/c1-3-5(15)6(9(16)22(18,19)20)21-8(3)14-2-4(11)7(12)13-10(14)17/h2,5-6,8-9,15-16H,1H2,(H2,12,13,17)(H2,18,19,20)/t5-,6-,8+,9?/m0/s1. The lowest BCUT2D eigenvalue weighted by molar-refractivity contribution is -0.0639. The van der Waals surface area contributed by atoms with Crippen molar-refractivity contribution < 1.29 is 33.7 Å². The average Bonchev–Trinajstić information content (AvgIpc) is 2.69. The van der Waals surface area contributed by atoms with Gasteiger partial charge in [0, 0.05) is 5.57 Å². The fourth-order valence-electron chi connectivity index (χ4n) is 1.96. The topological polar surface area (TPSA) is 168 Å². The SMILES string of the molecule is C=C1[C@H](n2cc(F)c(N)nc2=O)O[C@H](C(O)P(=O)(O)O)[C@H]1O. The molecule has 1 aliphatic rings. The second kappa shape index (κ2) is 5.54. The van der Waals surface area contributed by atoms with E-state index in [1.54, 1.807) is 0 Å². The first-order valence-corrected chi connectivity index (χ1v) is 7.52. The lowest BCUT2D eigenvalue weighted by Crippen LogP contribution is -2.35. The smallest absolute Gasteiger partial charge is 0.356 e. The van der Waals surface area contributed by atoms with Crippen molar-refractivity contribution in [1.82, 2.24) is 9.55 Å². The van der Waals surface area contributed by atoms with Crippen molar-refractivity contribution in [3.05, 3.63) is 34.7 Å². The number of aliphatic hydroxyl groups is 2. The quantitative estimate of drug-likeness (QED) is 0.318. The van der Waals surface area contributed by atoms with E-state index in [4.69, 9.17) is 20.3 Å². The Labute approximate surface area is 122 Å². The van der Waals surface area contributed by atoms with Gasteiger partial charge in [0.05, 0.1) is 6.20 Å². The molecular weight excluding hydrogens is 324 g/mol. The highest BCUT2D eigenvalue weighted by molar-refractivity contribution is 7.52. The van der Waals surface area contributed by atoms with Crippen LogP contribution in [0.5, 0.6) is 0 Å². The van der Waals surface area contributed by atoms with Gasteiger partial charge in [0.2, 0.25) is 0 Å². The monoisotopic (exact) mass is 337 g/mol. The molecule has 12 heteroatoms. The first-order chi connectivity index (χ1) is 10.0. The van der Waals surface area contributed by atoms with Gasteiger partial charge in [-0.3, -0.25) is 9.13 Å². The van der Waals surface area contributed by atoms with Gasteiger partial charge in [-0.1, -0.05) is 6.58 Å². The van der Waals surface area contributed by atoms with Crippen molar-refractivity contribution in [1.29, 1.82) is 0 Å². The Bertz CT molecular complexity index is 717. The summed E-state index contributed by atoms with van der Waals surface area (Å²) in [6, 6.07) is 0. The molecule has 6 N–H and O–H groups in total. The van der Waals surface area contributed by atoms with E-state index in [0.29, 0.717) is 10.8 Å². The Balaban J connectivity index is 2.40. The minimum absolute atomic E-state index is 0.203. The summed E-state index contributed by atoms with van der Waals surface area (Å²) >= 11 is 0. The van der Waals surface area contributed by atoms with Gasteiger partial charge in [0.15, 0.2) is 23.7 Å². The number of halogens is 1. The van der Waals surface area contributed by atoms with Gasteiger partial charge in [-0.2, -0.15) is 4.98 Å². The van der Waals surface area contributed by atoms with Gasteiger partial charge in [-0.05, 0) is 0 Å². The van der Waals surface area contributed by atoms with Crippen LogP contribution in [0.15, 0.2) is 23.1 Å². The zero-order chi connectivity index (χ0) is 16.8. The van der Waals surface area contributed by atoms with Gasteiger partial charge < -0.3 is 30.5 Å². The molecule has 2 rings (SSSR count). The number of hydrogen-bond acceptors (Lipinski definition) is 7. The number of nitrogen functional groups attached to an aromatic ring is 1. The molecule has 1 saturated heterocycles. The maximum Gasteiger partial charge on any atom is 0.356 e. The number of anilines is 1.